The second kappa shape index (κ2) is 12.8. The predicted molar refractivity (Wildman–Crippen MR) is 194 cm³/mol. The number of hydrogen-bond acceptors (Lipinski definition) is 8. The number of aromatic carboxylic acids is 1. The highest BCUT2D eigenvalue weighted by Crippen LogP contribution is 2.64. The summed E-state index contributed by atoms with van der Waals surface area (Å²) in [7, 11) is 0. The lowest BCUT2D eigenvalue weighted by atomic mass is 9.49. The van der Waals surface area contributed by atoms with Crippen molar-refractivity contribution >= 4 is 41.0 Å². The molecule has 4 aromatic rings. The number of ether oxygens (including phenoxy) is 1. The lowest BCUT2D eigenvalue weighted by molar-refractivity contribution is -0.138. The molecule has 4 aliphatic rings. The molecule has 3 fully saturated rings. The van der Waals surface area contributed by atoms with Crippen molar-refractivity contribution in [3.63, 3.8) is 0 Å². The molecule has 3 N–H and O–H groups in total. The standard InChI is InChI=1S/C42H37N3O8/c1-3-53-34-21-24(14-19-33(34)46)36-29-17-18-30-35(39(49)44(37(30)47)28-11-7-8-25(20-28)40(50)51)31(29)22-32-38(48)45(43-27-15-12-23(2)13-16-27)41(52)42(32,36)26-9-5-4-6-10-26/h4-17,19-21,30-32,35-36,43,46H,3,18,22H2,1-2H3,(H,50,51)/t30-,31+,32-,35-,36-,42+/m0/s1. The molecule has 4 amide bonds. The largest absolute Gasteiger partial charge is 0.504 e. The number of aromatic hydroxyl groups is 1. The first kappa shape index (κ1) is 33.9. The number of carbonyl (C=O) groups excluding carboxylic acids is 4. The molecule has 0 radical (unpaired) electrons. The molecule has 2 saturated heterocycles. The molecule has 2 aliphatic carbocycles. The van der Waals surface area contributed by atoms with E-state index in [-0.39, 0.29) is 42.2 Å². The van der Waals surface area contributed by atoms with Gasteiger partial charge in [0.1, 0.15) is 0 Å². The summed E-state index contributed by atoms with van der Waals surface area (Å²) in [6, 6.07) is 27.2. The number of nitrogens with one attached hydrogen (secondary N) is 1. The fourth-order valence-corrected chi connectivity index (χ4v) is 9.14. The molecule has 53 heavy (non-hydrogen) atoms. The maximum Gasteiger partial charge on any atom is 0.335 e. The van der Waals surface area contributed by atoms with Crippen LogP contribution < -0.4 is 15.1 Å². The van der Waals surface area contributed by atoms with Gasteiger partial charge in [-0.1, -0.05) is 71.8 Å². The van der Waals surface area contributed by atoms with Crippen LogP contribution in [0, 0.1) is 30.6 Å². The summed E-state index contributed by atoms with van der Waals surface area (Å²) < 4.78 is 5.81. The van der Waals surface area contributed by atoms with Gasteiger partial charge in [-0.2, -0.15) is 5.01 Å². The number of nitrogens with zero attached hydrogens (tertiary/aromatic N) is 2. The number of hydrazine groups is 1. The number of fused-ring (bicyclic) bond motifs is 4. The molecule has 0 aromatic heterocycles. The van der Waals surface area contributed by atoms with Crippen LogP contribution in [-0.4, -0.2) is 51.4 Å². The van der Waals surface area contributed by atoms with Crippen molar-refractivity contribution in [1.29, 1.82) is 0 Å². The molecule has 0 unspecified atom stereocenters. The van der Waals surface area contributed by atoms with E-state index in [9.17, 15) is 29.4 Å². The van der Waals surface area contributed by atoms with E-state index >= 15 is 4.79 Å². The number of hydrogen-bond donors (Lipinski definition) is 3. The number of amides is 4. The second-order valence-electron chi connectivity index (χ2n) is 14.1. The lowest BCUT2D eigenvalue weighted by Gasteiger charge is -2.50. The zero-order chi connectivity index (χ0) is 37.2. The number of anilines is 2. The Morgan fingerprint density at radius 2 is 1.64 bits per heavy atom. The molecule has 11 nitrogen and oxygen atoms in total. The van der Waals surface area contributed by atoms with Gasteiger partial charge in [-0.15, -0.1) is 0 Å². The van der Waals surface area contributed by atoms with E-state index in [0.29, 0.717) is 16.8 Å². The van der Waals surface area contributed by atoms with E-state index in [0.717, 1.165) is 21.0 Å². The summed E-state index contributed by atoms with van der Waals surface area (Å²) in [5.74, 6) is -6.89. The third-order valence-electron chi connectivity index (χ3n) is 11.4. The van der Waals surface area contributed by atoms with Crippen molar-refractivity contribution < 1.29 is 38.9 Å². The molecule has 6 atom stereocenters. The Morgan fingerprint density at radius 3 is 2.36 bits per heavy atom. The van der Waals surface area contributed by atoms with Crippen molar-refractivity contribution in [3.05, 3.63) is 131 Å². The van der Waals surface area contributed by atoms with E-state index in [1.807, 2.05) is 55.5 Å². The average Bonchev–Trinajstić information content (AvgIpc) is 3.54. The lowest BCUT2D eigenvalue weighted by Crippen LogP contribution is -2.53. The SMILES string of the molecule is CCOc1cc([C@H]2C3=CC[C@@H]4C(=O)N(c5cccc(C(=O)O)c5)C(=O)[C@@H]4[C@@H]3C[C@H]3C(=O)N(Nc4ccc(C)cc4)C(=O)[C@@]23c2ccccc2)ccc1O. The maximum atomic E-state index is 15.3. The van der Waals surface area contributed by atoms with Gasteiger partial charge in [0.2, 0.25) is 11.8 Å². The summed E-state index contributed by atoms with van der Waals surface area (Å²) in [6.07, 6.45) is 2.25. The third-order valence-corrected chi connectivity index (χ3v) is 11.4. The van der Waals surface area contributed by atoms with Crippen LogP contribution in [0.1, 0.15) is 52.7 Å². The number of aryl methyl sites for hydroxylation is 1. The van der Waals surface area contributed by atoms with Gasteiger partial charge in [0, 0.05) is 5.92 Å². The summed E-state index contributed by atoms with van der Waals surface area (Å²) in [5.41, 5.74) is 5.25. The minimum atomic E-state index is -1.48. The quantitative estimate of drug-likeness (QED) is 0.148. The number of phenols is 1. The fraction of sp³-hybridized carbons (Fsp3) is 0.262. The van der Waals surface area contributed by atoms with E-state index in [4.69, 9.17) is 4.74 Å². The molecule has 0 spiro atoms. The Bertz CT molecular complexity index is 2220. The highest BCUT2D eigenvalue weighted by molar-refractivity contribution is 6.23. The molecule has 2 aliphatic heterocycles. The normalized spacial score (nSPS) is 26.2. The van der Waals surface area contributed by atoms with Crippen LogP contribution in [0.25, 0.3) is 0 Å². The zero-order valence-corrected chi connectivity index (χ0v) is 29.1. The van der Waals surface area contributed by atoms with E-state index in [1.165, 1.54) is 30.3 Å². The topological polar surface area (TPSA) is 154 Å². The highest BCUT2D eigenvalue weighted by atomic mass is 16.5. The Morgan fingerprint density at radius 1 is 0.887 bits per heavy atom. The summed E-state index contributed by atoms with van der Waals surface area (Å²) >= 11 is 0. The number of rotatable bonds is 8. The first-order valence-electron chi connectivity index (χ1n) is 17.7. The minimum Gasteiger partial charge on any atom is -0.504 e. The van der Waals surface area contributed by atoms with Crippen LogP contribution >= 0.6 is 0 Å². The van der Waals surface area contributed by atoms with Gasteiger partial charge in [-0.3, -0.25) is 29.5 Å². The van der Waals surface area contributed by atoms with Crippen LogP contribution in [0.5, 0.6) is 11.5 Å². The Hall–Kier alpha value is -6.23. The van der Waals surface area contributed by atoms with Crippen molar-refractivity contribution in [3.8, 4) is 11.5 Å². The van der Waals surface area contributed by atoms with Crippen molar-refractivity contribution in [2.24, 2.45) is 23.7 Å². The molecule has 268 valence electrons. The van der Waals surface area contributed by atoms with Gasteiger partial charge in [0.05, 0.1) is 46.7 Å². The molecule has 4 aromatic carbocycles. The van der Waals surface area contributed by atoms with Crippen molar-refractivity contribution in [2.75, 3.05) is 16.9 Å². The molecule has 8 rings (SSSR count). The van der Waals surface area contributed by atoms with E-state index in [1.54, 1.807) is 31.2 Å². The third kappa shape index (κ3) is 5.13. The number of allylic oxidation sites excluding steroid dienone is 2. The zero-order valence-electron chi connectivity index (χ0n) is 29.1. The molecule has 11 heteroatoms. The number of carbonyl (C=O) groups is 5. The predicted octanol–water partition coefficient (Wildman–Crippen LogP) is 5.99. The highest BCUT2D eigenvalue weighted by Gasteiger charge is 2.70. The minimum absolute atomic E-state index is 0.0594. The monoisotopic (exact) mass is 711 g/mol. The van der Waals surface area contributed by atoms with Gasteiger partial charge in [0.25, 0.3) is 11.8 Å². The number of imide groups is 2. The van der Waals surface area contributed by atoms with Gasteiger partial charge in [-0.25, -0.2) is 4.79 Å². The summed E-state index contributed by atoms with van der Waals surface area (Å²) in [6.45, 7) is 4.00. The number of carboxylic acid groups (broad SMARTS) is 1. The second-order valence-corrected chi connectivity index (χ2v) is 14.1. The van der Waals surface area contributed by atoms with E-state index in [2.05, 4.69) is 5.43 Å². The van der Waals surface area contributed by atoms with Crippen LogP contribution in [0.4, 0.5) is 11.4 Å². The van der Waals surface area contributed by atoms with Crippen LogP contribution in [-0.2, 0) is 24.6 Å². The van der Waals surface area contributed by atoms with Crippen LogP contribution in [0.2, 0.25) is 0 Å². The van der Waals surface area contributed by atoms with Gasteiger partial charge in [0.15, 0.2) is 11.5 Å². The number of benzene rings is 4. The first-order chi connectivity index (χ1) is 25.6. The van der Waals surface area contributed by atoms with Crippen LogP contribution in [0.3, 0.4) is 0 Å². The van der Waals surface area contributed by atoms with Crippen molar-refractivity contribution in [2.45, 2.75) is 38.0 Å². The Kier molecular flexibility index (Phi) is 8.16. The molecular formula is C42H37N3O8. The molecular weight excluding hydrogens is 674 g/mol. The van der Waals surface area contributed by atoms with Crippen LogP contribution in [0.15, 0.2) is 109 Å². The molecule has 0 bridgehead atoms. The van der Waals surface area contributed by atoms with E-state index < -0.39 is 64.6 Å². The smallest absolute Gasteiger partial charge is 0.335 e. The molecule has 1 saturated carbocycles. The summed E-state index contributed by atoms with van der Waals surface area (Å²) in [5, 5.41) is 21.5. The first-order valence-corrected chi connectivity index (χ1v) is 17.7. The number of carboxylic acids is 1. The Labute approximate surface area is 305 Å². The molecule has 2 heterocycles. The maximum absolute atomic E-state index is 15.3. The summed E-state index contributed by atoms with van der Waals surface area (Å²) in [4.78, 5) is 71.6. The van der Waals surface area contributed by atoms with Gasteiger partial charge < -0.3 is 14.9 Å². The number of phenolic OH excluding ortho intramolecular Hbond substituents is 1. The van der Waals surface area contributed by atoms with Crippen molar-refractivity contribution in [1.82, 2.24) is 5.01 Å². The Balaban J connectivity index is 1.31. The fourth-order valence-electron chi connectivity index (χ4n) is 9.14. The average molecular weight is 712 g/mol. The van der Waals surface area contributed by atoms with Gasteiger partial charge in [-0.05, 0) is 86.2 Å². The van der Waals surface area contributed by atoms with Gasteiger partial charge >= 0.3 is 5.97 Å².